The Bertz CT molecular complexity index is 922. The van der Waals surface area contributed by atoms with Crippen molar-refractivity contribution >= 4 is 11.6 Å². The van der Waals surface area contributed by atoms with Crippen molar-refractivity contribution in [2.45, 2.75) is 26.7 Å². The molecule has 0 spiro atoms. The second kappa shape index (κ2) is 8.44. The monoisotopic (exact) mass is 369 g/mol. The number of aromatic nitrogens is 2. The third kappa shape index (κ3) is 4.91. The summed E-state index contributed by atoms with van der Waals surface area (Å²) in [6.07, 6.45) is 0.449. The van der Waals surface area contributed by atoms with Crippen LogP contribution < -0.4 is 10.1 Å². The first-order chi connectivity index (χ1) is 13.0. The molecule has 3 aromatic rings. The van der Waals surface area contributed by atoms with Gasteiger partial charge in [0.15, 0.2) is 0 Å². The van der Waals surface area contributed by atoms with E-state index in [9.17, 15) is 9.18 Å². The molecule has 0 saturated carbocycles. The van der Waals surface area contributed by atoms with E-state index >= 15 is 0 Å². The molecule has 1 heterocycles. The third-order valence-electron chi connectivity index (χ3n) is 3.91. The lowest BCUT2D eigenvalue weighted by atomic mass is 10.2. The molecule has 1 N–H and O–H groups in total. The van der Waals surface area contributed by atoms with Crippen LogP contribution in [0.25, 0.3) is 11.4 Å². The first-order valence-electron chi connectivity index (χ1n) is 8.67. The predicted octanol–water partition coefficient (Wildman–Crippen LogP) is 4.15. The summed E-state index contributed by atoms with van der Waals surface area (Å²) in [5.41, 5.74) is 1.75. The van der Waals surface area contributed by atoms with Crippen molar-refractivity contribution in [2.75, 3.05) is 11.9 Å². The van der Waals surface area contributed by atoms with E-state index in [1.807, 2.05) is 31.2 Å². The molecule has 2 aromatic carbocycles. The number of benzene rings is 2. The minimum absolute atomic E-state index is 0.153. The fourth-order valence-corrected chi connectivity index (χ4v) is 2.46. The number of amides is 1. The Morgan fingerprint density at radius 1 is 1.22 bits per heavy atom. The Morgan fingerprint density at radius 3 is 2.70 bits per heavy atom. The summed E-state index contributed by atoms with van der Waals surface area (Å²) in [7, 11) is 0. The molecule has 0 saturated heterocycles. The van der Waals surface area contributed by atoms with Gasteiger partial charge in [-0.15, -0.1) is 0 Å². The van der Waals surface area contributed by atoms with Crippen LogP contribution in [0.4, 0.5) is 10.1 Å². The van der Waals surface area contributed by atoms with Gasteiger partial charge in [0, 0.05) is 24.1 Å². The maximum absolute atomic E-state index is 13.5. The average molecular weight is 369 g/mol. The maximum atomic E-state index is 13.5. The number of nitrogens with one attached hydrogen (secondary N) is 1. The topological polar surface area (TPSA) is 77.2 Å². The number of halogens is 1. The molecule has 0 fully saturated rings. The second-order valence-electron chi connectivity index (χ2n) is 5.98. The number of anilines is 1. The summed E-state index contributed by atoms with van der Waals surface area (Å²) in [5, 5.41) is 6.59. The van der Waals surface area contributed by atoms with Crippen molar-refractivity contribution in [3.8, 4) is 17.1 Å². The molecule has 0 aliphatic carbocycles. The molecule has 7 heteroatoms. The number of hydrogen-bond donors (Lipinski definition) is 1. The highest BCUT2D eigenvalue weighted by Crippen LogP contribution is 2.20. The lowest BCUT2D eigenvalue weighted by Crippen LogP contribution is -2.12. The SMILES string of the molecule is CCOc1ccc(-c2noc(CCC(=O)Nc3ccc(C)c(F)c3)n2)cc1. The van der Waals surface area contributed by atoms with Crippen molar-refractivity contribution < 1.29 is 18.4 Å². The van der Waals surface area contributed by atoms with E-state index in [2.05, 4.69) is 15.5 Å². The molecule has 0 aliphatic heterocycles. The Balaban J connectivity index is 1.55. The molecule has 140 valence electrons. The van der Waals surface area contributed by atoms with Crippen molar-refractivity contribution in [2.24, 2.45) is 0 Å². The van der Waals surface area contributed by atoms with Gasteiger partial charge >= 0.3 is 0 Å². The number of ether oxygens (including phenoxy) is 1. The van der Waals surface area contributed by atoms with Crippen LogP contribution in [0.2, 0.25) is 0 Å². The summed E-state index contributed by atoms with van der Waals surface area (Å²) in [5.74, 6) is 0.983. The van der Waals surface area contributed by atoms with Gasteiger partial charge in [-0.1, -0.05) is 11.2 Å². The van der Waals surface area contributed by atoms with Gasteiger partial charge < -0.3 is 14.6 Å². The van der Waals surface area contributed by atoms with Crippen LogP contribution in [-0.4, -0.2) is 22.7 Å². The van der Waals surface area contributed by atoms with Crippen LogP contribution in [0, 0.1) is 12.7 Å². The van der Waals surface area contributed by atoms with Gasteiger partial charge in [0.1, 0.15) is 11.6 Å². The quantitative estimate of drug-likeness (QED) is 0.677. The van der Waals surface area contributed by atoms with Gasteiger partial charge in [-0.25, -0.2) is 4.39 Å². The highest BCUT2D eigenvalue weighted by atomic mass is 19.1. The van der Waals surface area contributed by atoms with Gasteiger partial charge in [-0.2, -0.15) is 4.98 Å². The third-order valence-corrected chi connectivity index (χ3v) is 3.91. The van der Waals surface area contributed by atoms with Crippen molar-refractivity contribution in [1.82, 2.24) is 10.1 Å². The summed E-state index contributed by atoms with van der Waals surface area (Å²) in [4.78, 5) is 16.3. The molecule has 1 amide bonds. The molecular weight excluding hydrogens is 349 g/mol. The van der Waals surface area contributed by atoms with E-state index in [4.69, 9.17) is 9.26 Å². The molecule has 6 nitrogen and oxygen atoms in total. The second-order valence-corrected chi connectivity index (χ2v) is 5.98. The van der Waals surface area contributed by atoms with Crippen molar-refractivity contribution in [3.63, 3.8) is 0 Å². The molecule has 0 aliphatic rings. The van der Waals surface area contributed by atoms with Crippen LogP contribution in [0.1, 0.15) is 24.8 Å². The van der Waals surface area contributed by atoms with Crippen LogP contribution in [0.15, 0.2) is 47.0 Å². The van der Waals surface area contributed by atoms with Gasteiger partial charge in [0.05, 0.1) is 6.61 Å². The normalized spacial score (nSPS) is 10.6. The molecular formula is C20H20FN3O3. The van der Waals surface area contributed by atoms with E-state index < -0.39 is 0 Å². The Kier molecular flexibility index (Phi) is 5.80. The largest absolute Gasteiger partial charge is 0.494 e. The van der Waals surface area contributed by atoms with Crippen LogP contribution in [0.3, 0.4) is 0 Å². The maximum Gasteiger partial charge on any atom is 0.227 e. The summed E-state index contributed by atoms with van der Waals surface area (Å²) >= 11 is 0. The van der Waals surface area contributed by atoms with Gasteiger partial charge in [0.2, 0.25) is 17.6 Å². The van der Waals surface area contributed by atoms with E-state index in [0.717, 1.165) is 11.3 Å². The average Bonchev–Trinajstić information content (AvgIpc) is 3.13. The number of aryl methyl sites for hydroxylation is 2. The zero-order chi connectivity index (χ0) is 19.2. The first-order valence-corrected chi connectivity index (χ1v) is 8.67. The number of hydrogen-bond acceptors (Lipinski definition) is 5. The van der Waals surface area contributed by atoms with E-state index in [-0.39, 0.29) is 18.1 Å². The van der Waals surface area contributed by atoms with E-state index in [1.165, 1.54) is 6.07 Å². The number of rotatable bonds is 7. The number of carbonyl (C=O) groups is 1. The van der Waals surface area contributed by atoms with Crippen molar-refractivity contribution in [3.05, 3.63) is 59.7 Å². The van der Waals surface area contributed by atoms with Gasteiger partial charge in [-0.05, 0) is 55.8 Å². The van der Waals surface area contributed by atoms with Crippen LogP contribution in [0.5, 0.6) is 5.75 Å². The number of nitrogens with zero attached hydrogens (tertiary/aromatic N) is 2. The fraction of sp³-hybridized carbons (Fsp3) is 0.250. The Morgan fingerprint density at radius 2 is 2.00 bits per heavy atom. The Labute approximate surface area is 156 Å². The zero-order valence-corrected chi connectivity index (χ0v) is 15.2. The lowest BCUT2D eigenvalue weighted by molar-refractivity contribution is -0.116. The smallest absolute Gasteiger partial charge is 0.227 e. The summed E-state index contributed by atoms with van der Waals surface area (Å²) in [6.45, 7) is 4.19. The standard InChI is InChI=1S/C20H20FN3O3/c1-3-26-16-8-5-14(6-9-16)20-23-19(27-24-20)11-10-18(25)22-15-7-4-13(2)17(21)12-15/h4-9,12H,3,10-11H2,1-2H3,(H,22,25). The Hall–Kier alpha value is -3.22. The first kappa shape index (κ1) is 18.6. The minimum atomic E-state index is -0.357. The van der Waals surface area contributed by atoms with E-state index in [1.54, 1.807) is 19.1 Å². The molecule has 0 unspecified atom stereocenters. The van der Waals surface area contributed by atoms with Gasteiger partial charge in [0.25, 0.3) is 0 Å². The molecule has 0 radical (unpaired) electrons. The molecule has 1 aromatic heterocycles. The zero-order valence-electron chi connectivity index (χ0n) is 15.2. The van der Waals surface area contributed by atoms with Crippen LogP contribution >= 0.6 is 0 Å². The molecule has 27 heavy (non-hydrogen) atoms. The van der Waals surface area contributed by atoms with Crippen LogP contribution in [-0.2, 0) is 11.2 Å². The number of carbonyl (C=O) groups excluding carboxylic acids is 1. The predicted molar refractivity (Wildman–Crippen MR) is 99.0 cm³/mol. The summed E-state index contributed by atoms with van der Waals surface area (Å²) < 4.78 is 24.1. The molecule has 3 rings (SSSR count). The van der Waals surface area contributed by atoms with E-state index in [0.29, 0.717) is 36.0 Å². The summed E-state index contributed by atoms with van der Waals surface area (Å²) in [6, 6.07) is 11.9. The van der Waals surface area contributed by atoms with Gasteiger partial charge in [-0.3, -0.25) is 4.79 Å². The highest BCUT2D eigenvalue weighted by molar-refractivity contribution is 5.90. The highest BCUT2D eigenvalue weighted by Gasteiger charge is 2.11. The fourth-order valence-electron chi connectivity index (χ4n) is 2.46. The molecule has 0 atom stereocenters. The molecule has 0 bridgehead atoms. The lowest BCUT2D eigenvalue weighted by Gasteiger charge is -2.05. The van der Waals surface area contributed by atoms with Crippen molar-refractivity contribution in [1.29, 1.82) is 0 Å². The minimum Gasteiger partial charge on any atom is -0.494 e.